The standard InChI is InChI=1S/C12H15NO3/c1-15-9-5-6-10(13-7-9)11(8-3-4-8)12(14)16-2/h5-8,11H,3-4H2,1-2H3. The zero-order chi connectivity index (χ0) is 11.5. The van der Waals surface area contributed by atoms with Crippen LogP contribution in [0.15, 0.2) is 18.3 Å². The minimum absolute atomic E-state index is 0.194. The molecule has 1 unspecified atom stereocenters. The van der Waals surface area contributed by atoms with E-state index < -0.39 is 0 Å². The van der Waals surface area contributed by atoms with Gasteiger partial charge in [0.2, 0.25) is 0 Å². The van der Waals surface area contributed by atoms with Gasteiger partial charge in [0, 0.05) is 0 Å². The number of pyridine rings is 1. The summed E-state index contributed by atoms with van der Waals surface area (Å²) in [5.41, 5.74) is 0.773. The third-order valence-electron chi connectivity index (χ3n) is 2.86. The van der Waals surface area contributed by atoms with Crippen molar-refractivity contribution in [3.05, 3.63) is 24.0 Å². The van der Waals surface area contributed by atoms with Gasteiger partial charge in [-0.25, -0.2) is 0 Å². The van der Waals surface area contributed by atoms with Gasteiger partial charge in [-0.1, -0.05) is 0 Å². The van der Waals surface area contributed by atoms with Crippen molar-refractivity contribution < 1.29 is 14.3 Å². The summed E-state index contributed by atoms with van der Waals surface area (Å²) in [4.78, 5) is 15.9. The van der Waals surface area contributed by atoms with Gasteiger partial charge < -0.3 is 9.47 Å². The lowest BCUT2D eigenvalue weighted by Gasteiger charge is -2.13. The number of ether oxygens (including phenoxy) is 2. The third-order valence-corrected chi connectivity index (χ3v) is 2.86. The maximum atomic E-state index is 11.7. The van der Waals surface area contributed by atoms with E-state index in [2.05, 4.69) is 4.98 Å². The molecule has 0 amide bonds. The molecular weight excluding hydrogens is 206 g/mol. The van der Waals surface area contributed by atoms with Crippen molar-refractivity contribution >= 4 is 5.97 Å². The molecule has 0 N–H and O–H groups in total. The van der Waals surface area contributed by atoms with Gasteiger partial charge in [-0.2, -0.15) is 0 Å². The molecule has 86 valence electrons. The summed E-state index contributed by atoms with van der Waals surface area (Å²) in [7, 11) is 3.01. The Hall–Kier alpha value is -1.58. The van der Waals surface area contributed by atoms with Crippen LogP contribution in [0.25, 0.3) is 0 Å². The van der Waals surface area contributed by atoms with Crippen molar-refractivity contribution in [2.75, 3.05) is 14.2 Å². The molecule has 1 aliphatic rings. The summed E-state index contributed by atoms with van der Waals surface area (Å²) < 4.78 is 9.85. The predicted molar refractivity (Wildman–Crippen MR) is 58.3 cm³/mol. The number of rotatable bonds is 4. The fourth-order valence-corrected chi connectivity index (χ4v) is 1.81. The minimum Gasteiger partial charge on any atom is -0.495 e. The lowest BCUT2D eigenvalue weighted by Crippen LogP contribution is -2.17. The molecule has 0 radical (unpaired) electrons. The van der Waals surface area contributed by atoms with Gasteiger partial charge in [-0.3, -0.25) is 9.78 Å². The zero-order valence-electron chi connectivity index (χ0n) is 9.47. The molecule has 0 aromatic carbocycles. The first-order valence-corrected chi connectivity index (χ1v) is 5.34. The highest BCUT2D eigenvalue weighted by Crippen LogP contribution is 2.42. The number of nitrogens with zero attached hydrogens (tertiary/aromatic N) is 1. The molecule has 1 fully saturated rings. The van der Waals surface area contributed by atoms with Crippen molar-refractivity contribution in [2.24, 2.45) is 5.92 Å². The Kier molecular flexibility index (Phi) is 3.08. The van der Waals surface area contributed by atoms with Crippen LogP contribution in [-0.2, 0) is 9.53 Å². The van der Waals surface area contributed by atoms with Crippen LogP contribution in [0, 0.1) is 5.92 Å². The summed E-state index contributed by atoms with van der Waals surface area (Å²) >= 11 is 0. The second kappa shape index (κ2) is 4.51. The molecular formula is C12H15NO3. The molecule has 1 aromatic heterocycles. The molecule has 0 aliphatic heterocycles. The van der Waals surface area contributed by atoms with Gasteiger partial charge in [0.05, 0.1) is 26.1 Å². The molecule has 1 atom stereocenters. The van der Waals surface area contributed by atoms with Crippen molar-refractivity contribution in [3.8, 4) is 5.75 Å². The fourth-order valence-electron chi connectivity index (χ4n) is 1.81. The van der Waals surface area contributed by atoms with Crippen molar-refractivity contribution in [1.29, 1.82) is 0 Å². The molecule has 0 bridgehead atoms. The quantitative estimate of drug-likeness (QED) is 0.727. The molecule has 4 heteroatoms. The SMILES string of the molecule is COC(=O)C(c1ccc(OC)cn1)C1CC1. The van der Waals surface area contributed by atoms with Gasteiger partial charge in [-0.05, 0) is 30.9 Å². The fraction of sp³-hybridized carbons (Fsp3) is 0.500. The van der Waals surface area contributed by atoms with Crippen LogP contribution >= 0.6 is 0 Å². The second-order valence-corrected chi connectivity index (χ2v) is 3.96. The Morgan fingerprint density at radius 2 is 2.19 bits per heavy atom. The number of esters is 1. The summed E-state index contributed by atoms with van der Waals surface area (Å²) in [5.74, 6) is 0.688. The van der Waals surface area contributed by atoms with Crippen molar-refractivity contribution in [2.45, 2.75) is 18.8 Å². The van der Waals surface area contributed by atoms with Gasteiger partial charge in [0.15, 0.2) is 0 Å². The molecule has 1 saturated carbocycles. The van der Waals surface area contributed by atoms with E-state index in [0.29, 0.717) is 11.7 Å². The Morgan fingerprint density at radius 1 is 1.44 bits per heavy atom. The summed E-state index contributed by atoms with van der Waals surface area (Å²) in [6.45, 7) is 0. The van der Waals surface area contributed by atoms with Crippen LogP contribution in [0.5, 0.6) is 5.75 Å². The van der Waals surface area contributed by atoms with Gasteiger partial charge in [0.1, 0.15) is 11.7 Å². The predicted octanol–water partition coefficient (Wildman–Crippen LogP) is 1.76. The number of hydrogen-bond acceptors (Lipinski definition) is 4. The van der Waals surface area contributed by atoms with Crippen molar-refractivity contribution in [3.63, 3.8) is 0 Å². The number of carbonyl (C=O) groups excluding carboxylic acids is 1. The molecule has 2 rings (SSSR count). The summed E-state index contributed by atoms with van der Waals surface area (Å²) in [6.07, 6.45) is 3.79. The molecule has 0 spiro atoms. The van der Waals surface area contributed by atoms with E-state index in [0.717, 1.165) is 18.5 Å². The van der Waals surface area contributed by atoms with E-state index in [1.165, 1.54) is 7.11 Å². The second-order valence-electron chi connectivity index (χ2n) is 3.96. The zero-order valence-corrected chi connectivity index (χ0v) is 9.47. The lowest BCUT2D eigenvalue weighted by atomic mass is 9.99. The van der Waals surface area contributed by atoms with Crippen LogP contribution in [0.4, 0.5) is 0 Å². The number of hydrogen-bond donors (Lipinski definition) is 0. The molecule has 4 nitrogen and oxygen atoms in total. The monoisotopic (exact) mass is 221 g/mol. The van der Waals surface area contributed by atoms with E-state index in [4.69, 9.17) is 9.47 Å². The maximum Gasteiger partial charge on any atom is 0.315 e. The average Bonchev–Trinajstić information content (AvgIpc) is 3.14. The Bertz CT molecular complexity index is 370. The highest BCUT2D eigenvalue weighted by atomic mass is 16.5. The van der Waals surface area contributed by atoms with E-state index in [1.54, 1.807) is 13.3 Å². The molecule has 16 heavy (non-hydrogen) atoms. The van der Waals surface area contributed by atoms with Crippen LogP contribution < -0.4 is 4.74 Å². The first-order chi connectivity index (χ1) is 7.76. The van der Waals surface area contributed by atoms with Gasteiger partial charge >= 0.3 is 5.97 Å². The first-order valence-electron chi connectivity index (χ1n) is 5.34. The number of aromatic nitrogens is 1. The topological polar surface area (TPSA) is 48.4 Å². The van der Waals surface area contributed by atoms with Gasteiger partial charge in [-0.15, -0.1) is 0 Å². The number of methoxy groups -OCH3 is 2. The molecule has 1 aliphatic carbocycles. The Morgan fingerprint density at radius 3 is 2.62 bits per heavy atom. The Labute approximate surface area is 94.6 Å². The van der Waals surface area contributed by atoms with E-state index >= 15 is 0 Å². The Balaban J connectivity index is 2.21. The largest absolute Gasteiger partial charge is 0.495 e. The van der Waals surface area contributed by atoms with Gasteiger partial charge in [0.25, 0.3) is 0 Å². The van der Waals surface area contributed by atoms with E-state index in [-0.39, 0.29) is 11.9 Å². The van der Waals surface area contributed by atoms with E-state index in [9.17, 15) is 4.79 Å². The number of carbonyl (C=O) groups is 1. The summed E-state index contributed by atoms with van der Waals surface area (Å²) in [5, 5.41) is 0. The third kappa shape index (κ3) is 2.15. The van der Waals surface area contributed by atoms with Crippen LogP contribution in [0.1, 0.15) is 24.5 Å². The smallest absolute Gasteiger partial charge is 0.315 e. The molecule has 1 heterocycles. The molecule has 1 aromatic rings. The highest BCUT2D eigenvalue weighted by molar-refractivity contribution is 5.78. The highest BCUT2D eigenvalue weighted by Gasteiger charge is 2.38. The normalized spacial score (nSPS) is 16.6. The first kappa shape index (κ1) is 10.9. The van der Waals surface area contributed by atoms with E-state index in [1.807, 2.05) is 12.1 Å². The van der Waals surface area contributed by atoms with Crippen LogP contribution in [-0.4, -0.2) is 25.2 Å². The van der Waals surface area contributed by atoms with Crippen LogP contribution in [0.2, 0.25) is 0 Å². The van der Waals surface area contributed by atoms with Crippen molar-refractivity contribution in [1.82, 2.24) is 4.98 Å². The lowest BCUT2D eigenvalue weighted by molar-refractivity contribution is -0.143. The maximum absolute atomic E-state index is 11.7. The summed E-state index contributed by atoms with van der Waals surface area (Å²) in [6, 6.07) is 3.65. The minimum atomic E-state index is -0.212. The average molecular weight is 221 g/mol. The molecule has 0 saturated heterocycles. The van der Waals surface area contributed by atoms with Crippen LogP contribution in [0.3, 0.4) is 0 Å².